The molecule has 0 saturated heterocycles. The summed E-state index contributed by atoms with van der Waals surface area (Å²) in [5.74, 6) is 1.83. The van der Waals surface area contributed by atoms with E-state index in [9.17, 15) is 4.79 Å². The molecule has 4 nitrogen and oxygen atoms in total. The van der Waals surface area contributed by atoms with Crippen molar-refractivity contribution in [1.29, 1.82) is 0 Å². The molecule has 1 fully saturated rings. The van der Waals surface area contributed by atoms with Crippen molar-refractivity contribution >= 4 is 5.91 Å². The second-order valence-corrected chi connectivity index (χ2v) is 5.12. The molecule has 1 aromatic rings. The quantitative estimate of drug-likeness (QED) is 0.869. The molecule has 0 radical (unpaired) electrons. The molecule has 4 heteroatoms. The number of carbonyl (C=O) groups excluding carboxylic acids is 1. The van der Waals surface area contributed by atoms with Crippen LogP contribution in [0.25, 0.3) is 0 Å². The zero-order valence-corrected chi connectivity index (χ0v) is 12.3. The lowest BCUT2D eigenvalue weighted by atomic mass is 10.1. The molecule has 1 aromatic carbocycles. The zero-order chi connectivity index (χ0) is 14.4. The van der Waals surface area contributed by atoms with Crippen LogP contribution in [0.5, 0.6) is 11.5 Å². The van der Waals surface area contributed by atoms with Gasteiger partial charge in [0.05, 0.1) is 13.7 Å². The first kappa shape index (κ1) is 14.7. The van der Waals surface area contributed by atoms with Crippen molar-refractivity contribution in [1.82, 2.24) is 5.32 Å². The molecule has 2 rings (SSSR count). The second-order valence-electron chi connectivity index (χ2n) is 5.12. The fourth-order valence-corrected chi connectivity index (χ4v) is 2.62. The van der Waals surface area contributed by atoms with Gasteiger partial charge in [0.25, 0.3) is 0 Å². The van der Waals surface area contributed by atoms with Crippen LogP contribution in [0.3, 0.4) is 0 Å². The van der Waals surface area contributed by atoms with Gasteiger partial charge in [0.2, 0.25) is 5.91 Å². The molecule has 1 aliphatic rings. The minimum Gasteiger partial charge on any atom is -0.493 e. The summed E-state index contributed by atoms with van der Waals surface area (Å²) in [5, 5.41) is 3.01. The van der Waals surface area contributed by atoms with Crippen LogP contribution in [-0.2, 0) is 11.3 Å². The number of nitrogens with one attached hydrogen (secondary N) is 1. The summed E-state index contributed by atoms with van der Waals surface area (Å²) in [4.78, 5) is 12.0. The Bertz CT molecular complexity index is 453. The normalized spacial score (nSPS) is 15.1. The van der Waals surface area contributed by atoms with Crippen LogP contribution in [0.2, 0.25) is 0 Å². The molecular weight excluding hydrogens is 254 g/mol. The lowest BCUT2D eigenvalue weighted by Crippen LogP contribution is -2.28. The maximum Gasteiger partial charge on any atom is 0.223 e. The zero-order valence-electron chi connectivity index (χ0n) is 12.3. The van der Waals surface area contributed by atoms with Crippen molar-refractivity contribution in [3.05, 3.63) is 23.8 Å². The van der Waals surface area contributed by atoms with E-state index in [1.807, 2.05) is 25.1 Å². The predicted molar refractivity (Wildman–Crippen MR) is 78.0 cm³/mol. The molecule has 1 aliphatic carbocycles. The van der Waals surface area contributed by atoms with E-state index in [2.05, 4.69) is 5.32 Å². The number of carbonyl (C=O) groups is 1. The van der Waals surface area contributed by atoms with Crippen molar-refractivity contribution in [2.24, 2.45) is 5.92 Å². The average Bonchev–Trinajstić information content (AvgIpc) is 2.99. The van der Waals surface area contributed by atoms with E-state index in [0.29, 0.717) is 13.2 Å². The summed E-state index contributed by atoms with van der Waals surface area (Å²) >= 11 is 0. The molecule has 1 saturated carbocycles. The van der Waals surface area contributed by atoms with Crippen molar-refractivity contribution in [3.63, 3.8) is 0 Å². The van der Waals surface area contributed by atoms with Gasteiger partial charge in [-0.05, 0) is 37.5 Å². The summed E-state index contributed by atoms with van der Waals surface area (Å²) in [6.07, 6.45) is 4.40. The molecule has 1 N–H and O–H groups in total. The van der Waals surface area contributed by atoms with Gasteiger partial charge in [0.1, 0.15) is 0 Å². The van der Waals surface area contributed by atoms with Gasteiger partial charge in [0, 0.05) is 12.5 Å². The smallest absolute Gasteiger partial charge is 0.223 e. The Labute approximate surface area is 120 Å². The van der Waals surface area contributed by atoms with Gasteiger partial charge in [0.15, 0.2) is 11.5 Å². The fraction of sp³-hybridized carbons (Fsp3) is 0.562. The van der Waals surface area contributed by atoms with Gasteiger partial charge in [-0.1, -0.05) is 18.9 Å². The van der Waals surface area contributed by atoms with E-state index >= 15 is 0 Å². The third-order valence-electron chi connectivity index (χ3n) is 3.72. The monoisotopic (exact) mass is 277 g/mol. The first-order valence-corrected chi connectivity index (χ1v) is 7.32. The van der Waals surface area contributed by atoms with Gasteiger partial charge >= 0.3 is 0 Å². The van der Waals surface area contributed by atoms with Crippen LogP contribution in [0.1, 0.15) is 38.2 Å². The molecule has 1 amide bonds. The number of hydrogen-bond acceptors (Lipinski definition) is 3. The molecule has 0 unspecified atom stereocenters. The van der Waals surface area contributed by atoms with Crippen LogP contribution >= 0.6 is 0 Å². The predicted octanol–water partition coefficient (Wildman–Crippen LogP) is 2.90. The van der Waals surface area contributed by atoms with Crippen molar-refractivity contribution in [2.45, 2.75) is 39.2 Å². The Morgan fingerprint density at radius 1 is 1.30 bits per heavy atom. The minimum absolute atomic E-state index is 0.177. The largest absolute Gasteiger partial charge is 0.493 e. The van der Waals surface area contributed by atoms with E-state index in [-0.39, 0.29) is 11.8 Å². The highest BCUT2D eigenvalue weighted by molar-refractivity contribution is 5.78. The number of rotatable bonds is 6. The Hall–Kier alpha value is -1.71. The molecule has 0 aliphatic heterocycles. The highest BCUT2D eigenvalue weighted by Crippen LogP contribution is 2.28. The first-order valence-electron chi connectivity index (χ1n) is 7.32. The van der Waals surface area contributed by atoms with Gasteiger partial charge in [-0.3, -0.25) is 4.79 Å². The van der Waals surface area contributed by atoms with E-state index in [4.69, 9.17) is 9.47 Å². The fourth-order valence-electron chi connectivity index (χ4n) is 2.62. The first-order chi connectivity index (χ1) is 9.74. The maximum absolute atomic E-state index is 12.0. The topological polar surface area (TPSA) is 47.6 Å². The van der Waals surface area contributed by atoms with E-state index in [0.717, 1.165) is 29.9 Å². The molecule has 0 aromatic heterocycles. The molecule has 0 atom stereocenters. The molecule has 0 spiro atoms. The van der Waals surface area contributed by atoms with Crippen molar-refractivity contribution < 1.29 is 14.3 Å². The molecule has 110 valence electrons. The van der Waals surface area contributed by atoms with E-state index in [1.54, 1.807) is 7.11 Å². The highest BCUT2D eigenvalue weighted by atomic mass is 16.5. The van der Waals surface area contributed by atoms with E-state index in [1.165, 1.54) is 12.8 Å². The van der Waals surface area contributed by atoms with Gasteiger partial charge in [-0.25, -0.2) is 0 Å². The summed E-state index contributed by atoms with van der Waals surface area (Å²) < 4.78 is 10.8. The highest BCUT2D eigenvalue weighted by Gasteiger charge is 2.22. The number of methoxy groups -OCH3 is 1. The summed E-state index contributed by atoms with van der Waals surface area (Å²) in [6.45, 7) is 3.07. The number of amides is 1. The second kappa shape index (κ2) is 7.17. The van der Waals surface area contributed by atoms with Crippen LogP contribution in [0.15, 0.2) is 18.2 Å². The molecule has 0 bridgehead atoms. The molecule has 0 heterocycles. The third kappa shape index (κ3) is 3.65. The SMILES string of the molecule is CCOc1cc(CNC(=O)C2CCCC2)ccc1OC. The van der Waals surface area contributed by atoms with Crippen LogP contribution in [-0.4, -0.2) is 19.6 Å². The summed E-state index contributed by atoms with van der Waals surface area (Å²) in [5.41, 5.74) is 1.03. The van der Waals surface area contributed by atoms with Gasteiger partial charge in [-0.15, -0.1) is 0 Å². The van der Waals surface area contributed by atoms with Crippen LogP contribution in [0.4, 0.5) is 0 Å². The number of hydrogen-bond donors (Lipinski definition) is 1. The average molecular weight is 277 g/mol. The lowest BCUT2D eigenvalue weighted by molar-refractivity contribution is -0.124. The standard InChI is InChI=1S/C16H23NO3/c1-3-20-15-10-12(8-9-14(15)19-2)11-17-16(18)13-6-4-5-7-13/h8-10,13H,3-7,11H2,1-2H3,(H,17,18). The lowest BCUT2D eigenvalue weighted by Gasteiger charge is -2.13. The van der Waals surface area contributed by atoms with Gasteiger partial charge < -0.3 is 14.8 Å². The summed E-state index contributed by atoms with van der Waals surface area (Å²) in [7, 11) is 1.62. The number of ether oxygens (including phenoxy) is 2. The Morgan fingerprint density at radius 2 is 2.05 bits per heavy atom. The number of benzene rings is 1. The molecule has 20 heavy (non-hydrogen) atoms. The third-order valence-corrected chi connectivity index (χ3v) is 3.72. The van der Waals surface area contributed by atoms with Crippen molar-refractivity contribution in [2.75, 3.05) is 13.7 Å². The Morgan fingerprint density at radius 3 is 2.70 bits per heavy atom. The van der Waals surface area contributed by atoms with Crippen LogP contribution in [0, 0.1) is 5.92 Å². The summed E-state index contributed by atoms with van der Waals surface area (Å²) in [6, 6.07) is 5.76. The minimum atomic E-state index is 0.177. The van der Waals surface area contributed by atoms with E-state index < -0.39 is 0 Å². The van der Waals surface area contributed by atoms with Crippen LogP contribution < -0.4 is 14.8 Å². The van der Waals surface area contributed by atoms with Gasteiger partial charge in [-0.2, -0.15) is 0 Å². The Kier molecular flexibility index (Phi) is 5.27. The maximum atomic E-state index is 12.0. The van der Waals surface area contributed by atoms with Crippen molar-refractivity contribution in [3.8, 4) is 11.5 Å². The molecular formula is C16H23NO3. The Balaban J connectivity index is 1.95.